The normalized spacial score (nSPS) is 11.0. The third kappa shape index (κ3) is 5.04. The van der Waals surface area contributed by atoms with Crippen LogP contribution in [0, 0.1) is 5.41 Å². The molecule has 0 radical (unpaired) electrons. The van der Waals surface area contributed by atoms with E-state index in [9.17, 15) is 4.79 Å². The maximum absolute atomic E-state index is 12.4. The molecule has 0 aliphatic rings. The third-order valence-corrected chi connectivity index (χ3v) is 4.07. The minimum Gasteiger partial charge on any atom is -0.489 e. The van der Waals surface area contributed by atoms with Crippen molar-refractivity contribution in [2.75, 3.05) is 11.9 Å². The van der Waals surface area contributed by atoms with Gasteiger partial charge in [-0.2, -0.15) is 0 Å². The molecule has 1 rings (SSSR count). The second kappa shape index (κ2) is 9.23. The maximum atomic E-state index is 12.4. The summed E-state index contributed by atoms with van der Waals surface area (Å²) in [5.74, 6) is 0.546. The third-order valence-electron chi connectivity index (χ3n) is 3.78. The zero-order chi connectivity index (χ0) is 16.0. The number of benzene rings is 1. The zero-order valence-corrected chi connectivity index (χ0v) is 15.2. The largest absolute Gasteiger partial charge is 0.489 e. The fourth-order valence-electron chi connectivity index (χ4n) is 2.14. The van der Waals surface area contributed by atoms with Crippen molar-refractivity contribution in [3.05, 3.63) is 23.2 Å². The van der Waals surface area contributed by atoms with Gasteiger partial charge in [0.25, 0.3) is 0 Å². The first-order valence-electron chi connectivity index (χ1n) is 7.36. The van der Waals surface area contributed by atoms with Gasteiger partial charge in [-0.3, -0.25) is 4.79 Å². The summed E-state index contributed by atoms with van der Waals surface area (Å²) in [5, 5.41) is 3.38. The average Bonchev–Trinajstić information content (AvgIpc) is 2.44. The lowest BCUT2D eigenvalue weighted by atomic mass is 9.81. The molecular weight excluding hydrogens is 323 g/mol. The van der Waals surface area contributed by atoms with Gasteiger partial charge < -0.3 is 15.8 Å². The van der Waals surface area contributed by atoms with E-state index in [1.807, 2.05) is 27.7 Å². The van der Waals surface area contributed by atoms with Crippen LogP contribution < -0.4 is 15.8 Å². The number of ether oxygens (including phenoxy) is 1. The Morgan fingerprint density at radius 3 is 2.36 bits per heavy atom. The summed E-state index contributed by atoms with van der Waals surface area (Å²) in [6, 6.07) is 5.25. The molecule has 0 fully saturated rings. The van der Waals surface area contributed by atoms with Crippen molar-refractivity contribution in [1.82, 2.24) is 0 Å². The Balaban J connectivity index is 0.00000441. The van der Waals surface area contributed by atoms with E-state index in [0.717, 1.165) is 0 Å². The summed E-state index contributed by atoms with van der Waals surface area (Å²) in [7, 11) is 0. The molecule has 1 aromatic carbocycles. The van der Waals surface area contributed by atoms with Crippen molar-refractivity contribution < 1.29 is 9.53 Å². The molecule has 6 heteroatoms. The van der Waals surface area contributed by atoms with Crippen molar-refractivity contribution in [2.24, 2.45) is 11.1 Å². The monoisotopic (exact) mass is 348 g/mol. The molecule has 0 spiro atoms. The maximum Gasteiger partial charge on any atom is 0.231 e. The van der Waals surface area contributed by atoms with Crippen molar-refractivity contribution >= 4 is 35.6 Å². The number of nitrogens with one attached hydrogen (secondary N) is 1. The summed E-state index contributed by atoms with van der Waals surface area (Å²) in [4.78, 5) is 12.4. The van der Waals surface area contributed by atoms with Crippen LogP contribution in [-0.2, 0) is 4.79 Å². The Labute approximate surface area is 144 Å². The number of carbonyl (C=O) groups is 1. The van der Waals surface area contributed by atoms with Crippen LogP contribution in [0.15, 0.2) is 18.2 Å². The zero-order valence-electron chi connectivity index (χ0n) is 13.6. The van der Waals surface area contributed by atoms with Gasteiger partial charge in [-0.05, 0) is 44.9 Å². The predicted molar refractivity (Wildman–Crippen MR) is 95.2 cm³/mol. The average molecular weight is 349 g/mol. The number of amides is 1. The van der Waals surface area contributed by atoms with Gasteiger partial charge in [0.15, 0.2) is 0 Å². The second-order valence-electron chi connectivity index (χ2n) is 5.46. The van der Waals surface area contributed by atoms with Gasteiger partial charge >= 0.3 is 0 Å². The van der Waals surface area contributed by atoms with E-state index in [0.29, 0.717) is 35.8 Å². The molecule has 0 bridgehead atoms. The van der Waals surface area contributed by atoms with Crippen LogP contribution in [0.1, 0.15) is 40.5 Å². The summed E-state index contributed by atoms with van der Waals surface area (Å²) in [6.45, 7) is 8.15. The van der Waals surface area contributed by atoms with Crippen molar-refractivity contribution in [1.29, 1.82) is 0 Å². The molecule has 4 nitrogen and oxygen atoms in total. The molecule has 0 unspecified atom stereocenters. The van der Waals surface area contributed by atoms with Crippen LogP contribution >= 0.6 is 24.0 Å². The minimum absolute atomic E-state index is 0. The molecule has 0 atom stereocenters. The molecule has 126 valence electrons. The van der Waals surface area contributed by atoms with Gasteiger partial charge in [0.05, 0.1) is 16.5 Å². The summed E-state index contributed by atoms with van der Waals surface area (Å²) in [6.07, 6.45) is 1.45. The van der Waals surface area contributed by atoms with Crippen LogP contribution in [0.3, 0.4) is 0 Å². The summed E-state index contributed by atoms with van der Waals surface area (Å²) >= 11 is 6.17. The fraction of sp³-hybridized carbons (Fsp3) is 0.562. The molecule has 1 aromatic rings. The molecule has 3 N–H and O–H groups in total. The highest BCUT2D eigenvalue weighted by molar-refractivity contribution is 6.32. The molecular formula is C16H26Cl2N2O2. The van der Waals surface area contributed by atoms with E-state index in [2.05, 4.69) is 5.32 Å². The highest BCUT2D eigenvalue weighted by Crippen LogP contribution is 2.31. The molecule has 1 amide bonds. The fourth-order valence-corrected chi connectivity index (χ4v) is 2.37. The Bertz CT molecular complexity index is 481. The van der Waals surface area contributed by atoms with E-state index in [4.69, 9.17) is 22.1 Å². The number of hydrogen-bond donors (Lipinski definition) is 2. The van der Waals surface area contributed by atoms with E-state index in [-0.39, 0.29) is 24.4 Å². The van der Waals surface area contributed by atoms with Crippen molar-refractivity contribution in [3.8, 4) is 5.75 Å². The minimum atomic E-state index is -0.528. The van der Waals surface area contributed by atoms with E-state index < -0.39 is 5.41 Å². The summed E-state index contributed by atoms with van der Waals surface area (Å²) in [5.41, 5.74) is 5.91. The molecule has 0 saturated carbocycles. The Morgan fingerprint density at radius 1 is 1.36 bits per heavy atom. The number of hydrogen-bond acceptors (Lipinski definition) is 3. The molecule has 0 heterocycles. The topological polar surface area (TPSA) is 64.4 Å². The smallest absolute Gasteiger partial charge is 0.231 e. The molecule has 0 saturated heterocycles. The lowest BCUT2D eigenvalue weighted by molar-refractivity contribution is -0.125. The van der Waals surface area contributed by atoms with Crippen LogP contribution in [-0.4, -0.2) is 18.6 Å². The van der Waals surface area contributed by atoms with Crippen molar-refractivity contribution in [3.63, 3.8) is 0 Å². The quantitative estimate of drug-likeness (QED) is 0.773. The molecule has 0 aliphatic carbocycles. The molecule has 0 aliphatic heterocycles. The Kier molecular flexibility index (Phi) is 8.83. The van der Waals surface area contributed by atoms with Gasteiger partial charge in [0.1, 0.15) is 5.75 Å². The van der Waals surface area contributed by atoms with Crippen LogP contribution in [0.4, 0.5) is 5.69 Å². The molecule has 0 aromatic heterocycles. The Morgan fingerprint density at radius 2 is 1.95 bits per heavy atom. The lowest BCUT2D eigenvalue weighted by Gasteiger charge is -2.28. The first-order chi connectivity index (χ1) is 9.88. The Hall–Kier alpha value is -0.970. The predicted octanol–water partition coefficient (Wildman–Crippen LogP) is 4.25. The van der Waals surface area contributed by atoms with Crippen LogP contribution in [0.5, 0.6) is 5.75 Å². The highest BCUT2D eigenvalue weighted by atomic mass is 35.5. The first kappa shape index (κ1) is 21.0. The number of anilines is 1. The van der Waals surface area contributed by atoms with Crippen LogP contribution in [0.2, 0.25) is 5.02 Å². The lowest BCUT2D eigenvalue weighted by Crippen LogP contribution is -2.41. The first-order valence-corrected chi connectivity index (χ1v) is 7.74. The number of nitrogens with two attached hydrogens (primary N) is 1. The van der Waals surface area contributed by atoms with Gasteiger partial charge in [-0.25, -0.2) is 0 Å². The summed E-state index contributed by atoms with van der Waals surface area (Å²) < 4.78 is 5.57. The van der Waals surface area contributed by atoms with E-state index in [1.165, 1.54) is 0 Å². The number of halogens is 2. The van der Waals surface area contributed by atoms with E-state index in [1.54, 1.807) is 18.2 Å². The van der Waals surface area contributed by atoms with Crippen LogP contribution in [0.25, 0.3) is 0 Å². The van der Waals surface area contributed by atoms with Gasteiger partial charge in [-0.1, -0.05) is 25.4 Å². The van der Waals surface area contributed by atoms with Crippen molar-refractivity contribution in [2.45, 2.75) is 46.6 Å². The second-order valence-corrected chi connectivity index (χ2v) is 5.86. The van der Waals surface area contributed by atoms with Gasteiger partial charge in [0, 0.05) is 12.2 Å². The standard InChI is InChI=1S/C16H25ClN2O2.ClH/c1-5-16(6-2,10-18)15(20)19-12-7-8-14(13(17)9-12)21-11(3)4;/h7-9,11H,5-6,10,18H2,1-4H3,(H,19,20);1H. The number of rotatable bonds is 7. The SMILES string of the molecule is CCC(CC)(CN)C(=O)Nc1ccc(OC(C)C)c(Cl)c1.Cl. The van der Waals surface area contributed by atoms with E-state index >= 15 is 0 Å². The van der Waals surface area contributed by atoms with Gasteiger partial charge in [-0.15, -0.1) is 12.4 Å². The number of carbonyl (C=O) groups excluding carboxylic acids is 1. The molecule has 22 heavy (non-hydrogen) atoms. The van der Waals surface area contributed by atoms with Gasteiger partial charge in [0.2, 0.25) is 5.91 Å². The highest BCUT2D eigenvalue weighted by Gasteiger charge is 2.33.